The zero-order valence-corrected chi connectivity index (χ0v) is 13.6. The molecule has 0 bridgehead atoms. The van der Waals surface area contributed by atoms with Crippen molar-refractivity contribution in [1.82, 2.24) is 5.32 Å². The summed E-state index contributed by atoms with van der Waals surface area (Å²) in [7, 11) is 2.01. The number of hydrogen-bond acceptors (Lipinski definition) is 2. The van der Waals surface area contributed by atoms with Crippen molar-refractivity contribution >= 4 is 0 Å². The zero-order chi connectivity index (χ0) is 15.0. The van der Waals surface area contributed by atoms with E-state index in [1.165, 1.54) is 38.9 Å². The quantitative estimate of drug-likeness (QED) is 0.893. The summed E-state index contributed by atoms with van der Waals surface area (Å²) in [6.45, 7) is 13.1. The van der Waals surface area contributed by atoms with Gasteiger partial charge in [0.25, 0.3) is 0 Å². The lowest BCUT2D eigenvalue weighted by Crippen LogP contribution is -2.20. The van der Waals surface area contributed by atoms with Crippen molar-refractivity contribution in [1.29, 1.82) is 0 Å². The molecule has 2 rings (SSSR count). The maximum atomic E-state index is 5.49. The molecule has 0 aliphatic heterocycles. The second-order valence-corrected chi connectivity index (χ2v) is 5.75. The van der Waals surface area contributed by atoms with Crippen LogP contribution in [0.5, 0.6) is 0 Å². The van der Waals surface area contributed by atoms with E-state index in [9.17, 15) is 0 Å². The van der Waals surface area contributed by atoms with Crippen LogP contribution in [0, 0.1) is 41.5 Å². The van der Waals surface area contributed by atoms with Gasteiger partial charge in [-0.25, -0.2) is 0 Å². The Hall–Kier alpha value is -1.54. The highest BCUT2D eigenvalue weighted by Crippen LogP contribution is 2.34. The van der Waals surface area contributed by atoms with Crippen molar-refractivity contribution in [2.24, 2.45) is 0 Å². The summed E-state index contributed by atoms with van der Waals surface area (Å²) in [5.41, 5.74) is 9.52. The van der Waals surface area contributed by atoms with Gasteiger partial charge in [-0.1, -0.05) is 0 Å². The Morgan fingerprint density at radius 1 is 0.850 bits per heavy atom. The molecule has 1 aromatic heterocycles. The van der Waals surface area contributed by atoms with E-state index in [4.69, 9.17) is 4.42 Å². The highest BCUT2D eigenvalue weighted by atomic mass is 16.3. The number of furan rings is 1. The molecule has 0 spiro atoms. The molecule has 0 fully saturated rings. The Morgan fingerprint density at radius 2 is 1.35 bits per heavy atom. The first-order chi connectivity index (χ1) is 9.38. The largest absolute Gasteiger partial charge is 0.469 e. The predicted molar refractivity (Wildman–Crippen MR) is 84.5 cm³/mol. The highest BCUT2D eigenvalue weighted by molar-refractivity contribution is 5.52. The lowest BCUT2D eigenvalue weighted by Gasteiger charge is -2.25. The van der Waals surface area contributed by atoms with Crippen LogP contribution >= 0.6 is 0 Å². The Morgan fingerprint density at radius 3 is 1.75 bits per heavy atom. The van der Waals surface area contributed by atoms with Crippen molar-refractivity contribution in [3.05, 3.63) is 57.0 Å². The predicted octanol–water partition coefficient (Wildman–Crippen LogP) is 4.44. The second kappa shape index (κ2) is 5.45. The van der Waals surface area contributed by atoms with Crippen LogP contribution in [0.25, 0.3) is 0 Å². The molecule has 0 aliphatic rings. The van der Waals surface area contributed by atoms with E-state index < -0.39 is 0 Å². The maximum absolute atomic E-state index is 5.49. The van der Waals surface area contributed by atoms with Crippen molar-refractivity contribution in [2.45, 2.75) is 47.6 Å². The molecular formula is C18H25NO. The topological polar surface area (TPSA) is 25.2 Å². The standard InChI is InChI=1S/C18H25NO/c1-10-8-16(9-20-10)18(19-7)17-14(5)12(3)11(2)13(4)15(17)6/h8-9,18-19H,1-7H3. The lowest BCUT2D eigenvalue weighted by molar-refractivity contribution is 0.527. The van der Waals surface area contributed by atoms with Crippen molar-refractivity contribution < 1.29 is 4.42 Å². The average molecular weight is 271 g/mol. The minimum absolute atomic E-state index is 0.186. The van der Waals surface area contributed by atoms with Gasteiger partial charge in [-0.3, -0.25) is 0 Å². The van der Waals surface area contributed by atoms with Gasteiger partial charge < -0.3 is 9.73 Å². The smallest absolute Gasteiger partial charge is 0.101 e. The van der Waals surface area contributed by atoms with Crippen molar-refractivity contribution in [3.63, 3.8) is 0 Å². The number of benzene rings is 1. The van der Waals surface area contributed by atoms with Crippen LogP contribution in [0.4, 0.5) is 0 Å². The molecule has 1 unspecified atom stereocenters. The fraction of sp³-hybridized carbons (Fsp3) is 0.444. The molecule has 1 heterocycles. The lowest BCUT2D eigenvalue weighted by atomic mass is 9.84. The molecule has 0 amide bonds. The average Bonchev–Trinajstić information content (AvgIpc) is 2.85. The molecule has 108 valence electrons. The molecule has 1 atom stereocenters. The molecule has 2 nitrogen and oxygen atoms in total. The summed E-state index contributed by atoms with van der Waals surface area (Å²) in [5.74, 6) is 0.955. The molecule has 2 aromatic rings. The third-order valence-corrected chi connectivity index (χ3v) is 4.72. The van der Waals surface area contributed by atoms with Gasteiger partial charge >= 0.3 is 0 Å². The number of aryl methyl sites for hydroxylation is 1. The van der Waals surface area contributed by atoms with E-state index in [0.717, 1.165) is 5.76 Å². The number of hydrogen-bond donors (Lipinski definition) is 1. The first-order valence-corrected chi connectivity index (χ1v) is 7.17. The minimum Gasteiger partial charge on any atom is -0.469 e. The summed E-state index contributed by atoms with van der Waals surface area (Å²) in [6.07, 6.45) is 1.86. The van der Waals surface area contributed by atoms with Gasteiger partial charge in [0.15, 0.2) is 0 Å². The van der Waals surface area contributed by atoms with E-state index in [1.807, 2.05) is 20.2 Å². The fourth-order valence-corrected chi connectivity index (χ4v) is 3.05. The Balaban J connectivity index is 2.67. The monoisotopic (exact) mass is 271 g/mol. The van der Waals surface area contributed by atoms with Gasteiger partial charge in [-0.15, -0.1) is 0 Å². The van der Waals surface area contributed by atoms with Crippen LogP contribution in [-0.4, -0.2) is 7.05 Å². The normalized spacial score (nSPS) is 12.8. The maximum Gasteiger partial charge on any atom is 0.101 e. The first kappa shape index (κ1) is 14.9. The number of nitrogens with one attached hydrogen (secondary N) is 1. The van der Waals surface area contributed by atoms with Gasteiger partial charge in [0.05, 0.1) is 12.3 Å². The Kier molecular flexibility index (Phi) is 4.05. The van der Waals surface area contributed by atoms with E-state index in [0.29, 0.717) is 0 Å². The van der Waals surface area contributed by atoms with Crippen LogP contribution in [-0.2, 0) is 0 Å². The van der Waals surface area contributed by atoms with E-state index in [-0.39, 0.29) is 6.04 Å². The zero-order valence-electron chi connectivity index (χ0n) is 13.6. The molecule has 0 saturated carbocycles. The van der Waals surface area contributed by atoms with E-state index in [1.54, 1.807) is 0 Å². The van der Waals surface area contributed by atoms with Crippen LogP contribution in [0.3, 0.4) is 0 Å². The summed E-state index contributed by atoms with van der Waals surface area (Å²) >= 11 is 0. The first-order valence-electron chi connectivity index (χ1n) is 7.17. The summed E-state index contributed by atoms with van der Waals surface area (Å²) in [4.78, 5) is 0. The van der Waals surface area contributed by atoms with Crippen LogP contribution < -0.4 is 5.32 Å². The SMILES string of the molecule is CNC(c1coc(C)c1)c1c(C)c(C)c(C)c(C)c1C. The van der Waals surface area contributed by atoms with Gasteiger partial charge in [0.2, 0.25) is 0 Å². The third kappa shape index (κ3) is 2.29. The van der Waals surface area contributed by atoms with Crippen LogP contribution in [0.2, 0.25) is 0 Å². The van der Waals surface area contributed by atoms with Crippen LogP contribution in [0.1, 0.15) is 50.7 Å². The van der Waals surface area contributed by atoms with Crippen molar-refractivity contribution in [3.8, 4) is 0 Å². The second-order valence-electron chi connectivity index (χ2n) is 5.75. The molecule has 0 saturated heterocycles. The molecule has 0 radical (unpaired) electrons. The van der Waals surface area contributed by atoms with Crippen molar-refractivity contribution in [2.75, 3.05) is 7.05 Å². The number of rotatable bonds is 3. The van der Waals surface area contributed by atoms with Gasteiger partial charge in [0.1, 0.15) is 5.76 Å². The summed E-state index contributed by atoms with van der Waals surface area (Å²) < 4.78 is 5.49. The van der Waals surface area contributed by atoms with Crippen LogP contribution in [0.15, 0.2) is 16.7 Å². The van der Waals surface area contributed by atoms with Gasteiger partial charge in [-0.2, -0.15) is 0 Å². The van der Waals surface area contributed by atoms with E-state index in [2.05, 4.69) is 46.0 Å². The highest BCUT2D eigenvalue weighted by Gasteiger charge is 2.21. The van der Waals surface area contributed by atoms with E-state index >= 15 is 0 Å². The van der Waals surface area contributed by atoms with Gasteiger partial charge in [0, 0.05) is 5.56 Å². The molecule has 0 aliphatic carbocycles. The third-order valence-electron chi connectivity index (χ3n) is 4.72. The Labute approximate surface area is 122 Å². The molecular weight excluding hydrogens is 246 g/mol. The molecule has 1 aromatic carbocycles. The minimum atomic E-state index is 0.186. The molecule has 2 heteroatoms. The molecule has 1 N–H and O–H groups in total. The molecule has 20 heavy (non-hydrogen) atoms. The fourth-order valence-electron chi connectivity index (χ4n) is 3.05. The summed E-state index contributed by atoms with van der Waals surface area (Å²) in [5, 5.41) is 3.44. The van der Waals surface area contributed by atoms with Gasteiger partial charge in [-0.05, 0) is 88.0 Å². The Bertz CT molecular complexity index is 608. The summed E-state index contributed by atoms with van der Waals surface area (Å²) in [6, 6.07) is 2.30.